The number of aromatic nitrogens is 4. The maximum atomic E-state index is 12.7. The van der Waals surface area contributed by atoms with Crippen molar-refractivity contribution in [3.63, 3.8) is 0 Å². The van der Waals surface area contributed by atoms with Crippen LogP contribution in [0, 0.1) is 12.8 Å². The molecule has 1 saturated heterocycles. The highest BCUT2D eigenvalue weighted by Gasteiger charge is 2.26. The van der Waals surface area contributed by atoms with Gasteiger partial charge in [0.2, 0.25) is 0 Å². The Hall–Kier alpha value is -2.39. The minimum Gasteiger partial charge on any atom is -0.299 e. The molecule has 152 valence electrons. The standard InChI is InChI=1S/C20H21F2N5OS/c1-12-25-26-20(29-12)16-3-2-14-10-23-15(8-17(14)24-16)9-18(28)13-4-6-27(7-5-13)11-19(21)22/h2-3,8,10,13,19H,4-7,9,11H2,1H3. The normalized spacial score (nSPS) is 16.0. The fourth-order valence-corrected chi connectivity index (χ4v) is 4.29. The second-order valence-electron chi connectivity index (χ2n) is 7.30. The van der Waals surface area contributed by atoms with Crippen molar-refractivity contribution in [2.75, 3.05) is 19.6 Å². The van der Waals surface area contributed by atoms with E-state index in [2.05, 4.69) is 20.2 Å². The largest absolute Gasteiger partial charge is 0.299 e. The fraction of sp³-hybridized carbons (Fsp3) is 0.450. The van der Waals surface area contributed by atoms with E-state index >= 15 is 0 Å². The monoisotopic (exact) mass is 417 g/mol. The highest BCUT2D eigenvalue weighted by molar-refractivity contribution is 7.14. The molecule has 29 heavy (non-hydrogen) atoms. The maximum Gasteiger partial charge on any atom is 0.251 e. The van der Waals surface area contributed by atoms with Crippen molar-refractivity contribution in [2.24, 2.45) is 5.92 Å². The first-order valence-electron chi connectivity index (χ1n) is 9.57. The van der Waals surface area contributed by atoms with Crippen molar-refractivity contribution >= 4 is 28.0 Å². The zero-order valence-electron chi connectivity index (χ0n) is 16.0. The molecular formula is C20H21F2N5OS. The van der Waals surface area contributed by atoms with E-state index in [4.69, 9.17) is 0 Å². The lowest BCUT2D eigenvalue weighted by atomic mass is 9.90. The van der Waals surface area contributed by atoms with Crippen LogP contribution in [0.15, 0.2) is 24.4 Å². The van der Waals surface area contributed by atoms with E-state index in [0.717, 1.165) is 26.6 Å². The molecule has 1 aliphatic rings. The van der Waals surface area contributed by atoms with Crippen molar-refractivity contribution in [3.8, 4) is 10.7 Å². The quantitative estimate of drug-likeness (QED) is 0.611. The van der Waals surface area contributed by atoms with Gasteiger partial charge in [-0.1, -0.05) is 11.3 Å². The Kier molecular flexibility index (Phi) is 5.86. The molecule has 0 bridgehead atoms. The second kappa shape index (κ2) is 8.54. The molecule has 4 heterocycles. The molecule has 0 unspecified atom stereocenters. The van der Waals surface area contributed by atoms with Gasteiger partial charge >= 0.3 is 0 Å². The van der Waals surface area contributed by atoms with Crippen LogP contribution in [0.3, 0.4) is 0 Å². The Morgan fingerprint density at radius 3 is 2.76 bits per heavy atom. The number of ketones is 1. The number of fused-ring (bicyclic) bond motifs is 1. The van der Waals surface area contributed by atoms with Crippen LogP contribution in [-0.4, -0.2) is 56.9 Å². The van der Waals surface area contributed by atoms with E-state index in [0.29, 0.717) is 31.6 Å². The van der Waals surface area contributed by atoms with Crippen LogP contribution in [0.1, 0.15) is 23.5 Å². The van der Waals surface area contributed by atoms with Gasteiger partial charge in [-0.3, -0.25) is 14.7 Å². The van der Waals surface area contributed by atoms with Crippen LogP contribution < -0.4 is 0 Å². The average molecular weight is 417 g/mol. The predicted molar refractivity (Wildman–Crippen MR) is 107 cm³/mol. The lowest BCUT2D eigenvalue weighted by Crippen LogP contribution is -2.39. The third kappa shape index (κ3) is 4.79. The summed E-state index contributed by atoms with van der Waals surface area (Å²) in [6.07, 6.45) is 0.881. The van der Waals surface area contributed by atoms with Gasteiger partial charge in [0.1, 0.15) is 16.5 Å². The van der Waals surface area contributed by atoms with E-state index in [-0.39, 0.29) is 24.7 Å². The van der Waals surface area contributed by atoms with Crippen molar-refractivity contribution in [3.05, 3.63) is 35.1 Å². The van der Waals surface area contributed by atoms with E-state index in [1.807, 2.05) is 25.1 Å². The highest BCUT2D eigenvalue weighted by Crippen LogP contribution is 2.25. The molecule has 0 saturated carbocycles. The molecule has 1 fully saturated rings. The number of alkyl halides is 2. The summed E-state index contributed by atoms with van der Waals surface area (Å²) in [5, 5.41) is 10.7. The zero-order chi connectivity index (χ0) is 20.4. The van der Waals surface area contributed by atoms with E-state index in [1.165, 1.54) is 11.3 Å². The number of halogens is 2. The summed E-state index contributed by atoms with van der Waals surface area (Å²) in [7, 11) is 0. The van der Waals surface area contributed by atoms with Gasteiger partial charge in [0.25, 0.3) is 6.43 Å². The van der Waals surface area contributed by atoms with Gasteiger partial charge < -0.3 is 0 Å². The van der Waals surface area contributed by atoms with E-state index < -0.39 is 6.43 Å². The number of aryl methyl sites for hydroxylation is 1. The Bertz CT molecular complexity index is 1020. The average Bonchev–Trinajstić information content (AvgIpc) is 3.14. The number of carbonyl (C=O) groups is 1. The molecule has 1 aliphatic heterocycles. The van der Waals surface area contributed by atoms with Crippen LogP contribution in [0.2, 0.25) is 0 Å². The molecule has 3 aromatic rings. The SMILES string of the molecule is Cc1nnc(-c2ccc3cnc(CC(=O)C4CCN(CC(F)F)CC4)cc3n2)s1. The van der Waals surface area contributed by atoms with Crippen LogP contribution in [0.4, 0.5) is 8.78 Å². The number of nitrogens with zero attached hydrogens (tertiary/aromatic N) is 5. The van der Waals surface area contributed by atoms with Gasteiger partial charge in [0.15, 0.2) is 5.01 Å². The van der Waals surface area contributed by atoms with Crippen LogP contribution in [0.5, 0.6) is 0 Å². The predicted octanol–water partition coefficient (Wildman–Crippen LogP) is 3.55. The van der Waals surface area contributed by atoms with Gasteiger partial charge in [-0.2, -0.15) is 0 Å². The third-order valence-electron chi connectivity index (χ3n) is 5.17. The molecule has 0 amide bonds. The number of hydrogen-bond donors (Lipinski definition) is 0. The Labute approximate surface area is 171 Å². The maximum absolute atomic E-state index is 12.7. The molecule has 0 aromatic carbocycles. The summed E-state index contributed by atoms with van der Waals surface area (Å²) in [6, 6.07) is 5.67. The number of carbonyl (C=O) groups excluding carboxylic acids is 1. The lowest BCUT2D eigenvalue weighted by molar-refractivity contribution is -0.123. The van der Waals surface area contributed by atoms with Crippen molar-refractivity contribution < 1.29 is 13.6 Å². The van der Waals surface area contributed by atoms with Gasteiger partial charge in [-0.05, 0) is 51.1 Å². The Morgan fingerprint density at radius 2 is 2.07 bits per heavy atom. The number of piperidine rings is 1. The van der Waals surface area contributed by atoms with Crippen molar-refractivity contribution in [1.82, 2.24) is 25.1 Å². The first kappa shape index (κ1) is 19.9. The highest BCUT2D eigenvalue weighted by atomic mass is 32.1. The molecule has 6 nitrogen and oxygen atoms in total. The number of rotatable bonds is 6. The van der Waals surface area contributed by atoms with Gasteiger partial charge in [0, 0.05) is 29.6 Å². The first-order valence-corrected chi connectivity index (χ1v) is 10.4. The molecular weight excluding hydrogens is 396 g/mol. The van der Waals surface area contributed by atoms with E-state index in [1.54, 1.807) is 11.1 Å². The second-order valence-corrected chi connectivity index (χ2v) is 8.48. The van der Waals surface area contributed by atoms with Crippen LogP contribution in [0.25, 0.3) is 21.6 Å². The molecule has 0 spiro atoms. The zero-order valence-corrected chi connectivity index (χ0v) is 16.8. The smallest absolute Gasteiger partial charge is 0.251 e. The summed E-state index contributed by atoms with van der Waals surface area (Å²) >= 11 is 1.48. The van der Waals surface area contributed by atoms with Crippen LogP contribution >= 0.6 is 11.3 Å². The molecule has 0 N–H and O–H groups in total. The summed E-state index contributed by atoms with van der Waals surface area (Å²) in [5.41, 5.74) is 2.19. The third-order valence-corrected chi connectivity index (χ3v) is 6.03. The molecule has 3 aromatic heterocycles. The minimum atomic E-state index is -2.33. The van der Waals surface area contributed by atoms with E-state index in [9.17, 15) is 13.6 Å². The molecule has 0 radical (unpaired) electrons. The summed E-state index contributed by atoms with van der Waals surface area (Å²) in [5.74, 6) is 0.0227. The number of pyridine rings is 2. The Morgan fingerprint density at radius 1 is 1.28 bits per heavy atom. The van der Waals surface area contributed by atoms with Gasteiger partial charge in [0.05, 0.1) is 12.1 Å². The van der Waals surface area contributed by atoms with Crippen molar-refractivity contribution in [1.29, 1.82) is 0 Å². The van der Waals surface area contributed by atoms with Crippen molar-refractivity contribution in [2.45, 2.75) is 32.6 Å². The topological polar surface area (TPSA) is 71.9 Å². The summed E-state index contributed by atoms with van der Waals surface area (Å²) < 4.78 is 25.0. The molecule has 9 heteroatoms. The Balaban J connectivity index is 1.44. The molecule has 4 rings (SSSR count). The number of hydrogen-bond acceptors (Lipinski definition) is 7. The van der Waals surface area contributed by atoms with Gasteiger partial charge in [-0.25, -0.2) is 13.8 Å². The fourth-order valence-electron chi connectivity index (χ4n) is 3.63. The summed E-state index contributed by atoms with van der Waals surface area (Å²) in [4.78, 5) is 23.5. The number of likely N-dealkylation sites (tertiary alicyclic amines) is 1. The van der Waals surface area contributed by atoms with Gasteiger partial charge in [-0.15, -0.1) is 10.2 Å². The van der Waals surface area contributed by atoms with Crippen LogP contribution in [-0.2, 0) is 11.2 Å². The lowest BCUT2D eigenvalue weighted by Gasteiger charge is -2.30. The molecule has 0 aliphatic carbocycles. The number of Topliss-reactive ketones (excluding diaryl/α,β-unsaturated/α-hetero) is 1. The minimum absolute atomic E-state index is 0.0925. The first-order chi connectivity index (χ1) is 14.0. The molecule has 0 atom stereocenters. The summed E-state index contributed by atoms with van der Waals surface area (Å²) in [6.45, 7) is 2.76.